The first-order chi connectivity index (χ1) is 5.86. The molecule has 3 nitrogen and oxygen atoms in total. The van der Waals surface area contributed by atoms with E-state index in [2.05, 4.69) is 12.2 Å². The van der Waals surface area contributed by atoms with Crippen molar-refractivity contribution in [3.05, 3.63) is 0 Å². The van der Waals surface area contributed by atoms with E-state index < -0.39 is 0 Å². The lowest BCUT2D eigenvalue weighted by Crippen LogP contribution is -2.35. The first kappa shape index (κ1) is 9.96. The second-order valence-corrected chi connectivity index (χ2v) is 3.16. The molecule has 0 amide bonds. The van der Waals surface area contributed by atoms with Crippen LogP contribution >= 0.6 is 0 Å². The first-order valence-corrected chi connectivity index (χ1v) is 4.75. The van der Waals surface area contributed by atoms with Crippen LogP contribution in [0.1, 0.15) is 26.2 Å². The van der Waals surface area contributed by atoms with Gasteiger partial charge in [0.05, 0.1) is 6.10 Å². The van der Waals surface area contributed by atoms with Gasteiger partial charge in [0.1, 0.15) is 0 Å². The zero-order valence-corrected chi connectivity index (χ0v) is 8.01. The molecular weight excluding hydrogens is 154 g/mol. The van der Waals surface area contributed by atoms with Crippen LogP contribution in [-0.2, 0) is 9.47 Å². The highest BCUT2D eigenvalue weighted by atomic mass is 16.7. The quantitative estimate of drug-likeness (QED) is 0.647. The lowest BCUT2D eigenvalue weighted by atomic mass is 10.1. The number of methoxy groups -OCH3 is 1. The summed E-state index contributed by atoms with van der Waals surface area (Å²) in [6.07, 6.45) is 3.55. The van der Waals surface area contributed by atoms with Gasteiger partial charge in [-0.15, -0.1) is 0 Å². The van der Waals surface area contributed by atoms with E-state index in [0.717, 1.165) is 32.4 Å². The Balaban J connectivity index is 2.18. The average Bonchev–Trinajstić information content (AvgIpc) is 2.16. The van der Waals surface area contributed by atoms with Crippen LogP contribution in [-0.4, -0.2) is 32.6 Å². The summed E-state index contributed by atoms with van der Waals surface area (Å²) in [5.74, 6) is 0. The molecule has 1 fully saturated rings. The summed E-state index contributed by atoms with van der Waals surface area (Å²) in [7, 11) is 1.70. The first-order valence-electron chi connectivity index (χ1n) is 4.75. The molecule has 1 unspecified atom stereocenters. The minimum Gasteiger partial charge on any atom is -0.356 e. The van der Waals surface area contributed by atoms with Gasteiger partial charge in [0, 0.05) is 7.11 Å². The van der Waals surface area contributed by atoms with Gasteiger partial charge in [-0.3, -0.25) is 0 Å². The summed E-state index contributed by atoms with van der Waals surface area (Å²) in [5, 5.41) is 3.30. The highest BCUT2D eigenvalue weighted by molar-refractivity contribution is 4.68. The van der Waals surface area contributed by atoms with Gasteiger partial charge in [-0.05, 0) is 32.4 Å². The van der Waals surface area contributed by atoms with Crippen molar-refractivity contribution in [1.82, 2.24) is 5.32 Å². The fraction of sp³-hybridized carbons (Fsp3) is 1.00. The third-order valence-corrected chi connectivity index (χ3v) is 2.23. The number of hydrogen-bond donors (Lipinski definition) is 1. The molecular formula is C9H19NO2. The van der Waals surface area contributed by atoms with Gasteiger partial charge in [-0.25, -0.2) is 0 Å². The smallest absolute Gasteiger partial charge is 0.157 e. The minimum absolute atomic E-state index is 0.00639. The molecule has 1 atom stereocenters. The third kappa shape index (κ3) is 3.09. The molecule has 0 aromatic carbocycles. The van der Waals surface area contributed by atoms with Crippen LogP contribution in [0.15, 0.2) is 0 Å². The summed E-state index contributed by atoms with van der Waals surface area (Å²) in [5.41, 5.74) is 0. The Morgan fingerprint density at radius 2 is 2.08 bits per heavy atom. The Kier molecular flexibility index (Phi) is 4.58. The zero-order chi connectivity index (χ0) is 8.81. The molecule has 1 heterocycles. The highest BCUT2D eigenvalue weighted by Crippen LogP contribution is 2.11. The summed E-state index contributed by atoms with van der Waals surface area (Å²) in [6.45, 7) is 4.23. The van der Waals surface area contributed by atoms with Crippen LogP contribution in [0, 0.1) is 0 Å². The van der Waals surface area contributed by atoms with Gasteiger partial charge in [-0.1, -0.05) is 6.92 Å². The molecule has 1 N–H and O–H groups in total. The lowest BCUT2D eigenvalue weighted by Gasteiger charge is -2.26. The lowest BCUT2D eigenvalue weighted by molar-refractivity contribution is -0.161. The maximum Gasteiger partial charge on any atom is 0.157 e. The maximum absolute atomic E-state index is 5.73. The Hall–Kier alpha value is -0.120. The van der Waals surface area contributed by atoms with Crippen molar-refractivity contribution in [2.24, 2.45) is 0 Å². The van der Waals surface area contributed by atoms with Gasteiger partial charge < -0.3 is 14.8 Å². The third-order valence-electron chi connectivity index (χ3n) is 2.23. The van der Waals surface area contributed by atoms with Gasteiger partial charge in [0.2, 0.25) is 0 Å². The second-order valence-electron chi connectivity index (χ2n) is 3.16. The van der Waals surface area contributed by atoms with E-state index in [1.807, 2.05) is 0 Å². The van der Waals surface area contributed by atoms with E-state index in [4.69, 9.17) is 9.47 Å². The van der Waals surface area contributed by atoms with Crippen molar-refractivity contribution in [2.45, 2.75) is 38.6 Å². The SMILES string of the molecule is CCC(OC)OC1CCNCC1. The molecule has 0 spiro atoms. The fourth-order valence-corrected chi connectivity index (χ4v) is 1.46. The monoisotopic (exact) mass is 173 g/mol. The van der Waals surface area contributed by atoms with Crippen LogP contribution in [0.3, 0.4) is 0 Å². The highest BCUT2D eigenvalue weighted by Gasteiger charge is 2.17. The molecule has 1 saturated heterocycles. The van der Waals surface area contributed by atoms with Crippen LogP contribution in [0.5, 0.6) is 0 Å². The zero-order valence-electron chi connectivity index (χ0n) is 8.01. The molecule has 0 aliphatic carbocycles. The molecule has 1 rings (SSSR count). The Labute approximate surface area is 74.4 Å². The van der Waals surface area contributed by atoms with Crippen molar-refractivity contribution >= 4 is 0 Å². The summed E-state index contributed by atoms with van der Waals surface area (Å²) >= 11 is 0. The standard InChI is InChI=1S/C9H19NO2/c1-3-9(11-2)12-8-4-6-10-7-5-8/h8-10H,3-7H2,1-2H3. The van der Waals surface area contributed by atoms with E-state index in [-0.39, 0.29) is 6.29 Å². The fourth-order valence-electron chi connectivity index (χ4n) is 1.46. The van der Waals surface area contributed by atoms with Crippen molar-refractivity contribution in [1.29, 1.82) is 0 Å². The van der Waals surface area contributed by atoms with E-state index in [1.54, 1.807) is 7.11 Å². The van der Waals surface area contributed by atoms with Gasteiger partial charge in [-0.2, -0.15) is 0 Å². The molecule has 72 valence electrons. The van der Waals surface area contributed by atoms with Gasteiger partial charge >= 0.3 is 0 Å². The number of nitrogens with one attached hydrogen (secondary N) is 1. The molecule has 3 heteroatoms. The van der Waals surface area contributed by atoms with E-state index in [0.29, 0.717) is 6.10 Å². The van der Waals surface area contributed by atoms with Crippen LogP contribution in [0.2, 0.25) is 0 Å². The van der Waals surface area contributed by atoms with Crippen molar-refractivity contribution in [3.63, 3.8) is 0 Å². The number of rotatable bonds is 4. The molecule has 12 heavy (non-hydrogen) atoms. The topological polar surface area (TPSA) is 30.5 Å². The molecule has 0 aromatic heterocycles. The maximum atomic E-state index is 5.73. The normalized spacial score (nSPS) is 22.5. The van der Waals surface area contributed by atoms with Gasteiger partial charge in [0.25, 0.3) is 0 Å². The molecule has 1 aliphatic rings. The number of piperidine rings is 1. The van der Waals surface area contributed by atoms with Crippen molar-refractivity contribution in [3.8, 4) is 0 Å². The minimum atomic E-state index is -0.00639. The molecule has 0 radical (unpaired) electrons. The average molecular weight is 173 g/mol. The van der Waals surface area contributed by atoms with Crippen LogP contribution in [0.4, 0.5) is 0 Å². The summed E-state index contributed by atoms with van der Waals surface area (Å²) in [4.78, 5) is 0. The largest absolute Gasteiger partial charge is 0.356 e. The number of hydrogen-bond acceptors (Lipinski definition) is 3. The molecule has 1 aliphatic heterocycles. The van der Waals surface area contributed by atoms with E-state index in [1.165, 1.54) is 0 Å². The second kappa shape index (κ2) is 5.51. The molecule has 0 aromatic rings. The Morgan fingerprint density at radius 1 is 1.42 bits per heavy atom. The Morgan fingerprint density at radius 3 is 2.58 bits per heavy atom. The predicted molar refractivity (Wildman–Crippen MR) is 48.1 cm³/mol. The van der Waals surface area contributed by atoms with Crippen LogP contribution in [0.25, 0.3) is 0 Å². The van der Waals surface area contributed by atoms with E-state index in [9.17, 15) is 0 Å². The van der Waals surface area contributed by atoms with Crippen LogP contribution < -0.4 is 5.32 Å². The van der Waals surface area contributed by atoms with Crippen molar-refractivity contribution in [2.75, 3.05) is 20.2 Å². The summed E-state index contributed by atoms with van der Waals surface area (Å²) in [6, 6.07) is 0. The van der Waals surface area contributed by atoms with Crippen molar-refractivity contribution < 1.29 is 9.47 Å². The summed E-state index contributed by atoms with van der Waals surface area (Å²) < 4.78 is 10.9. The van der Waals surface area contributed by atoms with Gasteiger partial charge in [0.15, 0.2) is 6.29 Å². The Bertz CT molecular complexity index is 109. The molecule has 0 saturated carbocycles. The molecule has 0 bridgehead atoms. The number of ether oxygens (including phenoxy) is 2. The van der Waals surface area contributed by atoms with E-state index >= 15 is 0 Å². The predicted octanol–water partition coefficient (Wildman–Crippen LogP) is 1.14.